The Labute approximate surface area is 154 Å². The highest BCUT2D eigenvalue weighted by Gasteiger charge is 2.11. The maximum atomic E-state index is 11.4. The van der Waals surface area contributed by atoms with Gasteiger partial charge in [0.1, 0.15) is 18.1 Å². The van der Waals surface area contributed by atoms with E-state index in [9.17, 15) is 9.90 Å². The van der Waals surface area contributed by atoms with E-state index in [1.54, 1.807) is 12.1 Å². The molecule has 0 aliphatic rings. The van der Waals surface area contributed by atoms with Crippen LogP contribution in [0.4, 0.5) is 0 Å². The zero-order valence-electron chi connectivity index (χ0n) is 15.5. The molecule has 4 nitrogen and oxygen atoms in total. The number of rotatable bonds is 7. The number of ether oxygens (including phenoxy) is 1. The summed E-state index contributed by atoms with van der Waals surface area (Å²) in [7, 11) is 0. The number of carbonyl (C=O) groups excluding carboxylic acids is 1. The van der Waals surface area contributed by atoms with Crippen LogP contribution in [0.1, 0.15) is 42.5 Å². The molecule has 1 amide bonds. The molecule has 2 aromatic carbocycles. The van der Waals surface area contributed by atoms with E-state index < -0.39 is 0 Å². The fraction of sp³-hybridized carbons (Fsp3) is 0.227. The van der Waals surface area contributed by atoms with Crippen LogP contribution >= 0.6 is 0 Å². The van der Waals surface area contributed by atoms with Crippen LogP contribution in [0.25, 0.3) is 11.3 Å². The van der Waals surface area contributed by atoms with Crippen molar-refractivity contribution in [3.8, 4) is 5.75 Å². The molecule has 0 heterocycles. The fourth-order valence-electron chi connectivity index (χ4n) is 2.69. The molecule has 26 heavy (non-hydrogen) atoms. The highest BCUT2D eigenvalue weighted by molar-refractivity contribution is 5.89. The lowest BCUT2D eigenvalue weighted by Gasteiger charge is -2.14. The number of hydrogen-bond acceptors (Lipinski definition) is 3. The standard InChI is InChI=1S/C22H25NO3/c1-14(2)20(12-22(23)25)21-11-19(10-5-15(21)3)26-13-17-6-8-18(9-7-17)16(4)24/h5-11,24H,4,12-13H2,1-3H3,(H2,23,25). The molecule has 136 valence electrons. The molecule has 0 aliphatic heterocycles. The molecule has 0 saturated carbocycles. The van der Waals surface area contributed by atoms with Crippen molar-refractivity contribution in [2.24, 2.45) is 5.73 Å². The van der Waals surface area contributed by atoms with Crippen LogP contribution in [-0.4, -0.2) is 11.0 Å². The summed E-state index contributed by atoms with van der Waals surface area (Å²) in [5.74, 6) is 0.422. The van der Waals surface area contributed by atoms with E-state index in [1.165, 1.54) is 0 Å². The molecule has 0 aromatic heterocycles. The van der Waals surface area contributed by atoms with Crippen molar-refractivity contribution in [1.82, 2.24) is 0 Å². The maximum absolute atomic E-state index is 11.4. The second-order valence-corrected chi connectivity index (χ2v) is 6.53. The van der Waals surface area contributed by atoms with Gasteiger partial charge in [-0.1, -0.05) is 42.5 Å². The van der Waals surface area contributed by atoms with E-state index in [0.717, 1.165) is 33.6 Å². The predicted molar refractivity (Wildman–Crippen MR) is 106 cm³/mol. The number of primary amides is 1. The smallest absolute Gasteiger partial charge is 0.221 e. The molecule has 4 heteroatoms. The summed E-state index contributed by atoms with van der Waals surface area (Å²) in [6.45, 7) is 9.86. The van der Waals surface area contributed by atoms with Crippen molar-refractivity contribution in [3.63, 3.8) is 0 Å². The van der Waals surface area contributed by atoms with Crippen LogP contribution < -0.4 is 10.5 Å². The molecule has 0 aliphatic carbocycles. The lowest BCUT2D eigenvalue weighted by molar-refractivity contribution is -0.117. The molecule has 0 saturated heterocycles. The first-order chi connectivity index (χ1) is 12.3. The summed E-state index contributed by atoms with van der Waals surface area (Å²) >= 11 is 0. The Hall–Kier alpha value is -3.01. The van der Waals surface area contributed by atoms with E-state index in [1.807, 2.05) is 51.1 Å². The summed E-state index contributed by atoms with van der Waals surface area (Å²) in [5, 5.41) is 9.38. The maximum Gasteiger partial charge on any atom is 0.221 e. The Morgan fingerprint density at radius 2 is 1.81 bits per heavy atom. The summed E-state index contributed by atoms with van der Waals surface area (Å²) in [6.07, 6.45) is 0.207. The van der Waals surface area contributed by atoms with Crippen molar-refractivity contribution < 1.29 is 14.6 Å². The molecule has 0 fully saturated rings. The SMILES string of the molecule is C=C(O)c1ccc(COc2ccc(C)c(C(CC(N)=O)=C(C)C)c2)cc1. The largest absolute Gasteiger partial charge is 0.508 e. The van der Waals surface area contributed by atoms with Crippen molar-refractivity contribution >= 4 is 17.2 Å². The van der Waals surface area contributed by atoms with Gasteiger partial charge < -0.3 is 15.6 Å². The second kappa shape index (κ2) is 8.39. The van der Waals surface area contributed by atoms with Gasteiger partial charge in [0.25, 0.3) is 0 Å². The number of aliphatic hydroxyl groups excluding tert-OH is 1. The van der Waals surface area contributed by atoms with Crippen LogP contribution in [0.5, 0.6) is 5.75 Å². The van der Waals surface area contributed by atoms with Gasteiger partial charge in [-0.25, -0.2) is 0 Å². The van der Waals surface area contributed by atoms with Crippen LogP contribution in [0.2, 0.25) is 0 Å². The molecule has 3 N–H and O–H groups in total. The van der Waals surface area contributed by atoms with Gasteiger partial charge in [-0.15, -0.1) is 0 Å². The third-order valence-corrected chi connectivity index (χ3v) is 4.18. The molecular weight excluding hydrogens is 326 g/mol. The van der Waals surface area contributed by atoms with E-state index >= 15 is 0 Å². The fourth-order valence-corrected chi connectivity index (χ4v) is 2.69. The Morgan fingerprint density at radius 1 is 1.15 bits per heavy atom. The Kier molecular flexibility index (Phi) is 6.23. The molecule has 0 radical (unpaired) electrons. The van der Waals surface area contributed by atoms with Crippen LogP contribution in [0.15, 0.2) is 54.6 Å². The number of carbonyl (C=O) groups is 1. The minimum atomic E-state index is -0.350. The molecule has 0 unspecified atom stereocenters. The van der Waals surface area contributed by atoms with Crippen LogP contribution in [-0.2, 0) is 11.4 Å². The Morgan fingerprint density at radius 3 is 2.35 bits per heavy atom. The molecule has 2 aromatic rings. The van der Waals surface area contributed by atoms with Crippen molar-refractivity contribution in [1.29, 1.82) is 0 Å². The van der Waals surface area contributed by atoms with Crippen molar-refractivity contribution in [3.05, 3.63) is 76.9 Å². The lowest BCUT2D eigenvalue weighted by atomic mass is 9.94. The van der Waals surface area contributed by atoms with Crippen molar-refractivity contribution in [2.75, 3.05) is 0 Å². The first-order valence-corrected chi connectivity index (χ1v) is 8.43. The van der Waals surface area contributed by atoms with E-state index in [0.29, 0.717) is 12.2 Å². The van der Waals surface area contributed by atoms with Gasteiger partial charge in [0.15, 0.2) is 0 Å². The Bertz CT molecular complexity index is 844. The lowest BCUT2D eigenvalue weighted by Crippen LogP contribution is -2.12. The molecule has 0 bridgehead atoms. The minimum absolute atomic E-state index is 0.0457. The van der Waals surface area contributed by atoms with Gasteiger partial charge in [-0.2, -0.15) is 0 Å². The average Bonchev–Trinajstić information content (AvgIpc) is 2.59. The number of aliphatic hydroxyl groups is 1. The predicted octanol–water partition coefficient (Wildman–Crippen LogP) is 4.77. The summed E-state index contributed by atoms with van der Waals surface area (Å²) in [5.41, 5.74) is 11.1. The normalized spacial score (nSPS) is 10.3. The van der Waals surface area contributed by atoms with Gasteiger partial charge in [0, 0.05) is 5.56 Å². The second-order valence-electron chi connectivity index (χ2n) is 6.53. The molecule has 0 spiro atoms. The summed E-state index contributed by atoms with van der Waals surface area (Å²) in [6, 6.07) is 13.2. The zero-order chi connectivity index (χ0) is 19.3. The first kappa shape index (κ1) is 19.3. The number of nitrogens with two attached hydrogens (primary N) is 1. The monoisotopic (exact) mass is 351 g/mol. The highest BCUT2D eigenvalue weighted by atomic mass is 16.5. The van der Waals surface area contributed by atoms with Crippen molar-refractivity contribution in [2.45, 2.75) is 33.8 Å². The van der Waals surface area contributed by atoms with E-state index in [-0.39, 0.29) is 18.1 Å². The quantitative estimate of drug-likeness (QED) is 0.706. The first-order valence-electron chi connectivity index (χ1n) is 8.43. The number of benzene rings is 2. The van der Waals surface area contributed by atoms with Gasteiger partial charge in [0.2, 0.25) is 5.91 Å². The number of allylic oxidation sites excluding steroid dienone is 1. The summed E-state index contributed by atoms with van der Waals surface area (Å²) < 4.78 is 5.90. The topological polar surface area (TPSA) is 72.6 Å². The highest BCUT2D eigenvalue weighted by Crippen LogP contribution is 2.29. The molecule has 2 rings (SSSR count). The zero-order valence-corrected chi connectivity index (χ0v) is 15.5. The summed E-state index contributed by atoms with van der Waals surface area (Å²) in [4.78, 5) is 11.4. The van der Waals surface area contributed by atoms with Crippen LogP contribution in [0.3, 0.4) is 0 Å². The van der Waals surface area contributed by atoms with Gasteiger partial charge >= 0.3 is 0 Å². The third kappa shape index (κ3) is 4.99. The van der Waals surface area contributed by atoms with Crippen LogP contribution in [0, 0.1) is 6.92 Å². The van der Waals surface area contributed by atoms with Gasteiger partial charge in [0.05, 0.1) is 6.42 Å². The number of aryl methyl sites for hydroxylation is 1. The van der Waals surface area contributed by atoms with E-state index in [4.69, 9.17) is 10.5 Å². The van der Waals surface area contributed by atoms with E-state index in [2.05, 4.69) is 6.58 Å². The van der Waals surface area contributed by atoms with Gasteiger partial charge in [-0.3, -0.25) is 4.79 Å². The minimum Gasteiger partial charge on any atom is -0.508 e. The number of hydrogen-bond donors (Lipinski definition) is 2. The number of amides is 1. The Balaban J connectivity index is 2.19. The molecular formula is C22H25NO3. The van der Waals surface area contributed by atoms with Gasteiger partial charge in [-0.05, 0) is 55.2 Å². The third-order valence-electron chi connectivity index (χ3n) is 4.18. The molecule has 0 atom stereocenters. The average molecular weight is 351 g/mol.